The highest BCUT2D eigenvalue weighted by molar-refractivity contribution is 6.42. The zero-order chi connectivity index (χ0) is 12.0. The van der Waals surface area contributed by atoms with Gasteiger partial charge in [0.25, 0.3) is 0 Å². The summed E-state index contributed by atoms with van der Waals surface area (Å²) >= 11 is 12.4. The van der Waals surface area contributed by atoms with Crippen molar-refractivity contribution >= 4 is 23.2 Å². The van der Waals surface area contributed by atoms with Gasteiger partial charge in [-0.15, -0.1) is 0 Å². The van der Waals surface area contributed by atoms with Crippen LogP contribution in [0.15, 0.2) is 36.4 Å². The van der Waals surface area contributed by atoms with E-state index >= 15 is 0 Å². The second-order valence-corrected chi connectivity index (χ2v) is 6.45. The monoisotopic (exact) mass is 272 g/mol. The molecule has 3 aliphatic rings. The summed E-state index contributed by atoms with van der Waals surface area (Å²) in [5.41, 5.74) is 5.93. The van der Waals surface area contributed by atoms with Crippen molar-refractivity contribution in [2.45, 2.75) is 17.8 Å². The van der Waals surface area contributed by atoms with Crippen molar-refractivity contribution < 1.29 is 0 Å². The van der Waals surface area contributed by atoms with Crippen LogP contribution in [0.4, 0.5) is 0 Å². The molecule has 0 unspecified atom stereocenters. The van der Waals surface area contributed by atoms with E-state index in [4.69, 9.17) is 23.2 Å². The van der Waals surface area contributed by atoms with Crippen LogP contribution in [0.1, 0.15) is 40.0 Å². The maximum Gasteiger partial charge on any atom is 0.0595 e. The Morgan fingerprint density at radius 3 is 2.11 bits per heavy atom. The maximum atomic E-state index is 6.19. The van der Waals surface area contributed by atoms with E-state index in [1.807, 2.05) is 0 Å². The van der Waals surface area contributed by atoms with Gasteiger partial charge in [0, 0.05) is 5.92 Å². The Labute approximate surface area is 116 Å². The number of hydrogen-bond acceptors (Lipinski definition) is 0. The lowest BCUT2D eigenvalue weighted by atomic mass is 9.93. The van der Waals surface area contributed by atoms with Crippen LogP contribution in [0.3, 0.4) is 0 Å². The van der Waals surface area contributed by atoms with Gasteiger partial charge < -0.3 is 0 Å². The largest absolute Gasteiger partial charge is 0.0827 e. The van der Waals surface area contributed by atoms with Crippen LogP contribution >= 0.6 is 23.2 Å². The molecule has 2 heteroatoms. The van der Waals surface area contributed by atoms with Gasteiger partial charge in [0.15, 0.2) is 0 Å². The zero-order valence-corrected chi connectivity index (χ0v) is 11.0. The van der Waals surface area contributed by atoms with Gasteiger partial charge in [-0.1, -0.05) is 47.5 Å². The average Bonchev–Trinajstić information content (AvgIpc) is 2.92. The van der Waals surface area contributed by atoms with E-state index < -0.39 is 0 Å². The molecule has 3 aliphatic carbocycles. The first-order chi connectivity index (χ1) is 8.77. The van der Waals surface area contributed by atoms with Crippen LogP contribution in [0.2, 0.25) is 10.0 Å². The summed E-state index contributed by atoms with van der Waals surface area (Å²) in [6.45, 7) is 0. The van der Waals surface area contributed by atoms with Crippen LogP contribution in [0, 0.1) is 5.92 Å². The fourth-order valence-corrected chi connectivity index (χ4v) is 4.71. The standard InChI is InChI=1S/C16H10Cl2/c17-11-5-9-10(6-12(11)18)15-14-8-4-2-1-3-7(8)13(9)16(14)15/h1-6,13-16H/t13-,14+,15+,16+/m0/s1. The first kappa shape index (κ1) is 9.89. The molecule has 0 N–H and O–H groups in total. The SMILES string of the molecule is Clc1cc2c(cc1Cl)[C@@H]1[C@H]3c4ccccc4[C@@H]2[C@H]31. The van der Waals surface area contributed by atoms with Crippen molar-refractivity contribution in [1.82, 2.24) is 0 Å². The lowest BCUT2D eigenvalue weighted by Gasteiger charge is -2.12. The van der Waals surface area contributed by atoms with E-state index in [0.717, 1.165) is 11.8 Å². The fourth-order valence-electron chi connectivity index (χ4n) is 4.37. The molecule has 5 rings (SSSR count). The summed E-state index contributed by atoms with van der Waals surface area (Å²) < 4.78 is 0. The Bertz CT molecular complexity index is 704. The second kappa shape index (κ2) is 2.95. The Morgan fingerprint density at radius 1 is 0.722 bits per heavy atom. The minimum atomic E-state index is 0.570. The van der Waals surface area contributed by atoms with E-state index in [0.29, 0.717) is 21.9 Å². The molecule has 0 amide bonds. The predicted molar refractivity (Wildman–Crippen MR) is 73.7 cm³/mol. The average molecular weight is 273 g/mol. The normalized spacial score (nSPS) is 33.0. The molecule has 0 aromatic heterocycles. The van der Waals surface area contributed by atoms with E-state index in [1.165, 1.54) is 16.7 Å². The molecule has 0 spiro atoms. The Kier molecular flexibility index (Phi) is 1.62. The zero-order valence-electron chi connectivity index (χ0n) is 9.53. The lowest BCUT2D eigenvalue weighted by molar-refractivity contribution is 0.750. The molecule has 18 heavy (non-hydrogen) atoms. The Hall–Kier alpha value is -0.980. The van der Waals surface area contributed by atoms with E-state index in [1.54, 1.807) is 5.56 Å². The first-order valence-electron chi connectivity index (χ1n) is 6.35. The van der Waals surface area contributed by atoms with Crippen molar-refractivity contribution in [3.05, 3.63) is 68.7 Å². The van der Waals surface area contributed by atoms with Crippen LogP contribution in [0.5, 0.6) is 0 Å². The van der Waals surface area contributed by atoms with Crippen molar-refractivity contribution in [3.8, 4) is 0 Å². The molecule has 0 radical (unpaired) electrons. The van der Waals surface area contributed by atoms with Gasteiger partial charge in [0.1, 0.15) is 0 Å². The lowest BCUT2D eigenvalue weighted by Crippen LogP contribution is -1.97. The highest BCUT2D eigenvalue weighted by Crippen LogP contribution is 2.78. The predicted octanol–water partition coefficient (Wildman–Crippen LogP) is 4.95. The van der Waals surface area contributed by atoms with Crippen LogP contribution in [-0.2, 0) is 0 Å². The molecule has 0 saturated heterocycles. The number of rotatable bonds is 0. The van der Waals surface area contributed by atoms with Gasteiger partial charge in [-0.2, -0.15) is 0 Å². The van der Waals surface area contributed by atoms with Crippen molar-refractivity contribution in [1.29, 1.82) is 0 Å². The summed E-state index contributed by atoms with van der Waals surface area (Å²) in [5, 5.41) is 1.39. The Balaban J connectivity index is 1.81. The minimum absolute atomic E-state index is 0.570. The van der Waals surface area contributed by atoms with Gasteiger partial charge in [-0.05, 0) is 52.1 Å². The minimum Gasteiger partial charge on any atom is -0.0827 e. The molecule has 88 valence electrons. The number of benzene rings is 2. The number of halogens is 2. The molecule has 4 atom stereocenters. The topological polar surface area (TPSA) is 0 Å². The summed E-state index contributed by atoms with van der Waals surface area (Å²) in [7, 11) is 0. The molecule has 0 nitrogen and oxygen atoms in total. The highest BCUT2D eigenvalue weighted by atomic mass is 35.5. The third-order valence-electron chi connectivity index (χ3n) is 4.97. The second-order valence-electron chi connectivity index (χ2n) is 5.63. The third kappa shape index (κ3) is 0.941. The number of hydrogen-bond donors (Lipinski definition) is 0. The first-order valence-corrected chi connectivity index (χ1v) is 7.10. The summed E-state index contributed by atoms with van der Waals surface area (Å²) in [6.07, 6.45) is 0. The van der Waals surface area contributed by atoms with E-state index in [-0.39, 0.29) is 0 Å². The fraction of sp³-hybridized carbons (Fsp3) is 0.250. The molecule has 1 fully saturated rings. The van der Waals surface area contributed by atoms with Gasteiger partial charge in [-0.3, -0.25) is 0 Å². The van der Waals surface area contributed by atoms with Crippen LogP contribution in [-0.4, -0.2) is 0 Å². The molecule has 2 aromatic carbocycles. The van der Waals surface area contributed by atoms with E-state index in [9.17, 15) is 0 Å². The molecule has 1 saturated carbocycles. The summed E-state index contributed by atoms with van der Waals surface area (Å²) in [4.78, 5) is 0. The van der Waals surface area contributed by atoms with Crippen LogP contribution < -0.4 is 0 Å². The highest BCUT2D eigenvalue weighted by Gasteiger charge is 2.66. The molecular formula is C16H10Cl2. The number of fused-ring (bicyclic) bond motifs is 7. The Morgan fingerprint density at radius 2 is 1.33 bits per heavy atom. The quantitative estimate of drug-likeness (QED) is 0.637. The molecule has 0 aliphatic heterocycles. The van der Waals surface area contributed by atoms with Crippen LogP contribution in [0.25, 0.3) is 0 Å². The third-order valence-corrected chi connectivity index (χ3v) is 5.69. The van der Waals surface area contributed by atoms with Gasteiger partial charge in [0.2, 0.25) is 0 Å². The summed E-state index contributed by atoms with van der Waals surface area (Å²) in [5.74, 6) is 2.80. The molecule has 0 bridgehead atoms. The molecule has 2 aromatic rings. The van der Waals surface area contributed by atoms with Gasteiger partial charge in [0.05, 0.1) is 10.0 Å². The molecular weight excluding hydrogens is 263 g/mol. The smallest absolute Gasteiger partial charge is 0.0595 e. The maximum absolute atomic E-state index is 6.19. The summed E-state index contributed by atoms with van der Waals surface area (Å²) in [6, 6.07) is 13.1. The van der Waals surface area contributed by atoms with Gasteiger partial charge in [-0.25, -0.2) is 0 Å². The molecule has 0 heterocycles. The van der Waals surface area contributed by atoms with Crippen molar-refractivity contribution in [2.24, 2.45) is 5.92 Å². The van der Waals surface area contributed by atoms with Gasteiger partial charge >= 0.3 is 0 Å². The van der Waals surface area contributed by atoms with Crippen molar-refractivity contribution in [2.75, 3.05) is 0 Å². The van der Waals surface area contributed by atoms with Crippen molar-refractivity contribution in [3.63, 3.8) is 0 Å². The van der Waals surface area contributed by atoms with E-state index in [2.05, 4.69) is 36.4 Å².